The van der Waals surface area contributed by atoms with Gasteiger partial charge in [0.1, 0.15) is 5.75 Å². The Balaban J connectivity index is 2.16. The molecule has 4 nitrogen and oxygen atoms in total. The first-order valence-corrected chi connectivity index (χ1v) is 5.78. The Kier molecular flexibility index (Phi) is 3.62. The first kappa shape index (κ1) is 11.9. The second-order valence-corrected chi connectivity index (χ2v) is 4.42. The highest BCUT2D eigenvalue weighted by molar-refractivity contribution is 5.42. The van der Waals surface area contributed by atoms with Crippen LogP contribution in [0, 0.1) is 11.3 Å². The molecule has 0 aromatic heterocycles. The molecule has 1 aromatic rings. The van der Waals surface area contributed by atoms with Gasteiger partial charge in [0.2, 0.25) is 0 Å². The van der Waals surface area contributed by atoms with Gasteiger partial charge in [-0.3, -0.25) is 4.90 Å². The fourth-order valence-corrected chi connectivity index (χ4v) is 2.22. The van der Waals surface area contributed by atoms with Crippen molar-refractivity contribution in [3.05, 3.63) is 29.3 Å². The molecular weight excluding hydrogens is 214 g/mol. The molecule has 1 aliphatic heterocycles. The number of methoxy groups -OCH3 is 1. The number of hydrogen-bond acceptors (Lipinski definition) is 4. The Hall–Kier alpha value is -1.57. The summed E-state index contributed by atoms with van der Waals surface area (Å²) in [4.78, 5) is 2.30. The summed E-state index contributed by atoms with van der Waals surface area (Å²) in [5.41, 5.74) is 7.61. The van der Waals surface area contributed by atoms with Gasteiger partial charge < -0.3 is 10.5 Å². The van der Waals surface area contributed by atoms with Gasteiger partial charge in [-0.15, -0.1) is 0 Å². The SMILES string of the molecule is COc1ccc(C#N)cc1CN1CC[C@@H](N)C1. The Labute approximate surface area is 102 Å². The van der Waals surface area contributed by atoms with E-state index < -0.39 is 0 Å². The van der Waals surface area contributed by atoms with Gasteiger partial charge in [-0.2, -0.15) is 5.26 Å². The molecule has 1 fully saturated rings. The van der Waals surface area contributed by atoms with Crippen LogP contribution in [-0.2, 0) is 6.54 Å². The van der Waals surface area contributed by atoms with Crippen LogP contribution in [0.3, 0.4) is 0 Å². The van der Waals surface area contributed by atoms with Gasteiger partial charge in [0.15, 0.2) is 0 Å². The maximum atomic E-state index is 8.90. The fourth-order valence-electron chi connectivity index (χ4n) is 2.22. The van der Waals surface area contributed by atoms with Gasteiger partial charge in [-0.05, 0) is 24.6 Å². The molecule has 1 saturated heterocycles. The van der Waals surface area contributed by atoms with Crippen LogP contribution in [0.4, 0.5) is 0 Å². The predicted molar refractivity (Wildman–Crippen MR) is 65.6 cm³/mol. The van der Waals surface area contributed by atoms with Crippen LogP contribution in [-0.4, -0.2) is 31.1 Å². The van der Waals surface area contributed by atoms with Gasteiger partial charge in [0, 0.05) is 31.2 Å². The molecule has 0 saturated carbocycles. The highest BCUT2D eigenvalue weighted by Gasteiger charge is 2.20. The van der Waals surface area contributed by atoms with Crippen molar-refractivity contribution in [1.82, 2.24) is 4.90 Å². The smallest absolute Gasteiger partial charge is 0.123 e. The number of hydrogen-bond donors (Lipinski definition) is 1. The Morgan fingerprint density at radius 3 is 3.00 bits per heavy atom. The molecule has 0 unspecified atom stereocenters. The molecule has 0 radical (unpaired) electrons. The van der Waals surface area contributed by atoms with Crippen LogP contribution >= 0.6 is 0 Å². The molecule has 4 heteroatoms. The molecule has 17 heavy (non-hydrogen) atoms. The molecule has 0 spiro atoms. The average Bonchev–Trinajstić information content (AvgIpc) is 2.74. The average molecular weight is 231 g/mol. The number of ether oxygens (including phenoxy) is 1. The van der Waals surface area contributed by atoms with Crippen molar-refractivity contribution in [1.29, 1.82) is 5.26 Å². The number of nitrogens with zero attached hydrogens (tertiary/aromatic N) is 2. The first-order valence-electron chi connectivity index (χ1n) is 5.78. The van der Waals surface area contributed by atoms with E-state index in [0.717, 1.165) is 37.4 Å². The normalized spacial score (nSPS) is 20.2. The van der Waals surface area contributed by atoms with E-state index in [2.05, 4.69) is 11.0 Å². The van der Waals surface area contributed by atoms with Crippen LogP contribution < -0.4 is 10.5 Å². The van der Waals surface area contributed by atoms with Crippen molar-refractivity contribution in [3.63, 3.8) is 0 Å². The summed E-state index contributed by atoms with van der Waals surface area (Å²) in [6, 6.07) is 7.95. The molecular formula is C13H17N3O. The highest BCUT2D eigenvalue weighted by Crippen LogP contribution is 2.22. The third kappa shape index (κ3) is 2.76. The quantitative estimate of drug-likeness (QED) is 0.846. The minimum atomic E-state index is 0.278. The fraction of sp³-hybridized carbons (Fsp3) is 0.462. The van der Waals surface area contributed by atoms with E-state index in [1.165, 1.54) is 0 Å². The zero-order chi connectivity index (χ0) is 12.3. The summed E-state index contributed by atoms with van der Waals surface area (Å²) >= 11 is 0. The molecule has 1 heterocycles. The van der Waals surface area contributed by atoms with Gasteiger partial charge in [0.05, 0.1) is 18.7 Å². The summed E-state index contributed by atoms with van der Waals surface area (Å²) in [7, 11) is 1.65. The maximum absolute atomic E-state index is 8.90. The van der Waals surface area contributed by atoms with E-state index in [1.807, 2.05) is 12.1 Å². The van der Waals surface area contributed by atoms with Crippen LogP contribution in [0.25, 0.3) is 0 Å². The Bertz CT molecular complexity index is 439. The first-order chi connectivity index (χ1) is 8.22. The second-order valence-electron chi connectivity index (χ2n) is 4.42. The van der Waals surface area contributed by atoms with E-state index in [-0.39, 0.29) is 6.04 Å². The molecule has 0 bridgehead atoms. The van der Waals surface area contributed by atoms with Crippen molar-refractivity contribution in [3.8, 4) is 11.8 Å². The summed E-state index contributed by atoms with van der Waals surface area (Å²) in [6.07, 6.45) is 1.04. The van der Waals surface area contributed by atoms with E-state index >= 15 is 0 Å². The number of rotatable bonds is 3. The molecule has 1 aromatic carbocycles. The van der Waals surface area contributed by atoms with E-state index in [9.17, 15) is 0 Å². The summed E-state index contributed by atoms with van der Waals surface area (Å²) in [5, 5.41) is 8.90. The monoisotopic (exact) mass is 231 g/mol. The lowest BCUT2D eigenvalue weighted by Gasteiger charge is -2.17. The minimum absolute atomic E-state index is 0.278. The van der Waals surface area contributed by atoms with Crippen molar-refractivity contribution in [2.75, 3.05) is 20.2 Å². The summed E-state index contributed by atoms with van der Waals surface area (Å²) in [6.45, 7) is 2.73. The zero-order valence-electron chi connectivity index (χ0n) is 10.0. The Morgan fingerprint density at radius 2 is 2.41 bits per heavy atom. The number of nitriles is 1. The van der Waals surface area contributed by atoms with Crippen LogP contribution in [0.2, 0.25) is 0 Å². The van der Waals surface area contributed by atoms with Crippen molar-refractivity contribution < 1.29 is 4.74 Å². The third-order valence-corrected chi connectivity index (χ3v) is 3.11. The van der Waals surface area contributed by atoms with Crippen LogP contribution in [0.1, 0.15) is 17.5 Å². The number of likely N-dealkylation sites (tertiary alicyclic amines) is 1. The van der Waals surface area contributed by atoms with Gasteiger partial charge >= 0.3 is 0 Å². The molecule has 2 rings (SSSR count). The van der Waals surface area contributed by atoms with Gasteiger partial charge in [-0.25, -0.2) is 0 Å². The summed E-state index contributed by atoms with van der Waals surface area (Å²) < 4.78 is 5.31. The van der Waals surface area contributed by atoms with E-state index in [4.69, 9.17) is 15.7 Å². The van der Waals surface area contributed by atoms with E-state index in [1.54, 1.807) is 13.2 Å². The lowest BCUT2D eigenvalue weighted by molar-refractivity contribution is 0.317. The molecule has 0 aliphatic carbocycles. The lowest BCUT2D eigenvalue weighted by atomic mass is 10.1. The minimum Gasteiger partial charge on any atom is -0.496 e. The molecule has 2 N–H and O–H groups in total. The van der Waals surface area contributed by atoms with Crippen LogP contribution in [0.5, 0.6) is 5.75 Å². The highest BCUT2D eigenvalue weighted by atomic mass is 16.5. The second kappa shape index (κ2) is 5.17. The van der Waals surface area contributed by atoms with Crippen LogP contribution in [0.15, 0.2) is 18.2 Å². The van der Waals surface area contributed by atoms with Gasteiger partial charge in [-0.1, -0.05) is 0 Å². The number of benzene rings is 1. The lowest BCUT2D eigenvalue weighted by Crippen LogP contribution is -2.26. The Morgan fingerprint density at radius 1 is 1.59 bits per heavy atom. The zero-order valence-corrected chi connectivity index (χ0v) is 10.0. The van der Waals surface area contributed by atoms with Gasteiger partial charge in [0.25, 0.3) is 0 Å². The summed E-state index contributed by atoms with van der Waals surface area (Å²) in [5.74, 6) is 0.837. The predicted octanol–water partition coefficient (Wildman–Crippen LogP) is 1.10. The standard InChI is InChI=1S/C13H17N3O/c1-17-13-3-2-10(7-14)6-11(13)8-16-5-4-12(15)9-16/h2-3,6,12H,4-5,8-9,15H2,1H3/t12-/m1/s1. The molecule has 1 aliphatic rings. The van der Waals surface area contributed by atoms with Crippen molar-refractivity contribution >= 4 is 0 Å². The van der Waals surface area contributed by atoms with Crippen molar-refractivity contribution in [2.24, 2.45) is 5.73 Å². The third-order valence-electron chi connectivity index (χ3n) is 3.11. The molecule has 1 atom stereocenters. The van der Waals surface area contributed by atoms with E-state index in [0.29, 0.717) is 5.56 Å². The largest absolute Gasteiger partial charge is 0.496 e. The van der Waals surface area contributed by atoms with Crippen molar-refractivity contribution in [2.45, 2.75) is 19.0 Å². The topological polar surface area (TPSA) is 62.3 Å². The molecule has 0 amide bonds. The maximum Gasteiger partial charge on any atom is 0.123 e. The number of nitrogens with two attached hydrogens (primary N) is 1. The molecule has 90 valence electrons.